The van der Waals surface area contributed by atoms with Crippen molar-refractivity contribution in [2.45, 2.75) is 56.9 Å². The van der Waals surface area contributed by atoms with Crippen LogP contribution in [-0.4, -0.2) is 63.1 Å². The van der Waals surface area contributed by atoms with Gasteiger partial charge < -0.3 is 14.9 Å². The molecule has 0 saturated carbocycles. The summed E-state index contributed by atoms with van der Waals surface area (Å²) in [6.07, 6.45) is 2.88. The quantitative estimate of drug-likeness (QED) is 0.850. The third-order valence-corrected chi connectivity index (χ3v) is 5.75. The molecule has 20 heavy (non-hydrogen) atoms. The zero-order chi connectivity index (χ0) is 14.7. The lowest BCUT2D eigenvalue weighted by molar-refractivity contribution is -0.138. The van der Waals surface area contributed by atoms with E-state index in [4.69, 9.17) is 5.11 Å². The second-order valence-electron chi connectivity index (χ2n) is 5.73. The van der Waals surface area contributed by atoms with Gasteiger partial charge in [-0.05, 0) is 26.2 Å². The maximum Gasteiger partial charge on any atom is 0.320 e. The molecule has 0 aromatic rings. The molecular weight excluding hydrogens is 276 g/mol. The number of carbonyl (C=O) groups excluding carboxylic acids is 1. The first-order chi connectivity index (χ1) is 9.50. The van der Waals surface area contributed by atoms with Crippen LogP contribution in [0.3, 0.4) is 0 Å². The van der Waals surface area contributed by atoms with Crippen LogP contribution >= 0.6 is 11.8 Å². The highest BCUT2D eigenvalue weighted by Crippen LogP contribution is 2.28. The first kappa shape index (κ1) is 15.5. The molecule has 2 fully saturated rings. The van der Waals surface area contributed by atoms with Gasteiger partial charge >= 0.3 is 12.0 Å². The number of aliphatic carboxylic acids is 1. The SMILES string of the molecule is CC1SCCN(C(=O)N2CCCCC2CC(=O)O)C1C. The average molecular weight is 300 g/mol. The van der Waals surface area contributed by atoms with E-state index in [9.17, 15) is 9.59 Å². The molecule has 2 amide bonds. The highest BCUT2D eigenvalue weighted by molar-refractivity contribution is 8.00. The molecule has 3 unspecified atom stereocenters. The van der Waals surface area contributed by atoms with Crippen LogP contribution in [0.5, 0.6) is 0 Å². The minimum atomic E-state index is -0.815. The van der Waals surface area contributed by atoms with Crippen LogP contribution in [-0.2, 0) is 4.79 Å². The van der Waals surface area contributed by atoms with Gasteiger partial charge in [-0.15, -0.1) is 0 Å². The Hall–Kier alpha value is -0.910. The number of piperidine rings is 1. The Morgan fingerprint density at radius 3 is 2.65 bits per heavy atom. The van der Waals surface area contributed by atoms with E-state index in [0.717, 1.165) is 31.6 Å². The van der Waals surface area contributed by atoms with Gasteiger partial charge in [0.15, 0.2) is 0 Å². The number of urea groups is 1. The van der Waals surface area contributed by atoms with Gasteiger partial charge in [0.25, 0.3) is 0 Å². The molecule has 0 spiro atoms. The molecule has 0 radical (unpaired) electrons. The Kier molecular flexibility index (Phi) is 5.18. The molecule has 0 aliphatic carbocycles. The third kappa shape index (κ3) is 3.40. The van der Waals surface area contributed by atoms with Gasteiger partial charge in [-0.1, -0.05) is 6.92 Å². The number of carboxylic acid groups (broad SMARTS) is 1. The van der Waals surface area contributed by atoms with Crippen molar-refractivity contribution in [1.82, 2.24) is 9.80 Å². The largest absolute Gasteiger partial charge is 0.481 e. The average Bonchev–Trinajstić information content (AvgIpc) is 2.41. The van der Waals surface area contributed by atoms with Gasteiger partial charge in [-0.2, -0.15) is 11.8 Å². The molecule has 2 aliphatic heterocycles. The molecule has 2 aliphatic rings. The fourth-order valence-electron chi connectivity index (χ4n) is 3.03. The van der Waals surface area contributed by atoms with Crippen LogP contribution in [0.4, 0.5) is 4.79 Å². The van der Waals surface area contributed by atoms with Crippen molar-refractivity contribution in [2.24, 2.45) is 0 Å². The molecule has 0 bridgehead atoms. The Bertz CT molecular complexity index is 377. The smallest absolute Gasteiger partial charge is 0.320 e. The van der Waals surface area contributed by atoms with Crippen molar-refractivity contribution in [3.05, 3.63) is 0 Å². The van der Waals surface area contributed by atoms with Gasteiger partial charge in [0.05, 0.1) is 6.42 Å². The number of carbonyl (C=O) groups is 2. The number of nitrogens with zero attached hydrogens (tertiary/aromatic N) is 2. The molecule has 3 atom stereocenters. The number of hydrogen-bond acceptors (Lipinski definition) is 3. The second kappa shape index (κ2) is 6.70. The predicted molar refractivity (Wildman–Crippen MR) is 80.1 cm³/mol. The summed E-state index contributed by atoms with van der Waals surface area (Å²) in [4.78, 5) is 27.5. The van der Waals surface area contributed by atoms with Crippen LogP contribution in [0, 0.1) is 0 Å². The van der Waals surface area contributed by atoms with Gasteiger partial charge in [-0.3, -0.25) is 4.79 Å². The van der Waals surface area contributed by atoms with Crippen molar-refractivity contribution in [3.63, 3.8) is 0 Å². The number of carboxylic acids is 1. The molecule has 6 heteroatoms. The van der Waals surface area contributed by atoms with Crippen molar-refractivity contribution < 1.29 is 14.7 Å². The lowest BCUT2D eigenvalue weighted by Gasteiger charge is -2.43. The molecular formula is C14H24N2O3S. The van der Waals surface area contributed by atoms with Gasteiger partial charge in [-0.25, -0.2) is 4.79 Å². The number of rotatable bonds is 2. The molecule has 0 aromatic heterocycles. The fraction of sp³-hybridized carbons (Fsp3) is 0.857. The van der Waals surface area contributed by atoms with E-state index in [-0.39, 0.29) is 24.5 Å². The van der Waals surface area contributed by atoms with Crippen LogP contribution in [0.15, 0.2) is 0 Å². The van der Waals surface area contributed by atoms with Gasteiger partial charge in [0.2, 0.25) is 0 Å². The molecule has 5 nitrogen and oxygen atoms in total. The maximum atomic E-state index is 12.8. The second-order valence-corrected chi connectivity index (χ2v) is 7.22. The Balaban J connectivity index is 2.06. The zero-order valence-electron chi connectivity index (χ0n) is 12.2. The van der Waals surface area contributed by atoms with E-state index in [0.29, 0.717) is 11.8 Å². The Morgan fingerprint density at radius 2 is 1.95 bits per heavy atom. The van der Waals surface area contributed by atoms with E-state index in [1.165, 1.54) is 0 Å². The summed E-state index contributed by atoms with van der Waals surface area (Å²) in [5.41, 5.74) is 0. The molecule has 2 saturated heterocycles. The fourth-order valence-corrected chi connectivity index (χ4v) is 4.13. The van der Waals surface area contributed by atoms with Crippen LogP contribution in [0.1, 0.15) is 39.5 Å². The number of amides is 2. The van der Waals surface area contributed by atoms with Crippen LogP contribution < -0.4 is 0 Å². The van der Waals surface area contributed by atoms with E-state index < -0.39 is 5.97 Å². The molecule has 2 rings (SSSR count). The summed E-state index contributed by atoms with van der Waals surface area (Å²) < 4.78 is 0. The van der Waals surface area contributed by atoms with E-state index in [2.05, 4.69) is 13.8 Å². The number of likely N-dealkylation sites (tertiary alicyclic amines) is 1. The minimum absolute atomic E-state index is 0.0376. The minimum Gasteiger partial charge on any atom is -0.481 e. The standard InChI is InChI=1S/C14H24N2O3S/c1-10-11(2)20-8-7-15(10)14(19)16-6-4-3-5-12(16)9-13(17)18/h10-12H,3-9H2,1-2H3,(H,17,18). The van der Waals surface area contributed by atoms with Crippen LogP contribution in [0.25, 0.3) is 0 Å². The third-order valence-electron chi connectivity index (χ3n) is 4.41. The van der Waals surface area contributed by atoms with Gasteiger partial charge in [0.1, 0.15) is 0 Å². The lowest BCUT2D eigenvalue weighted by Crippen LogP contribution is -2.56. The summed E-state index contributed by atoms with van der Waals surface area (Å²) in [6.45, 7) is 5.71. The number of hydrogen-bond donors (Lipinski definition) is 1. The number of thioether (sulfide) groups is 1. The zero-order valence-corrected chi connectivity index (χ0v) is 13.1. The molecule has 114 valence electrons. The Morgan fingerprint density at radius 1 is 1.20 bits per heavy atom. The van der Waals surface area contributed by atoms with E-state index in [1.807, 2.05) is 16.7 Å². The summed E-state index contributed by atoms with van der Waals surface area (Å²) in [6, 6.07) is 0.120. The molecule has 1 N–H and O–H groups in total. The normalized spacial score (nSPS) is 31.2. The molecule has 2 heterocycles. The van der Waals surface area contributed by atoms with Crippen molar-refractivity contribution in [2.75, 3.05) is 18.8 Å². The first-order valence-corrected chi connectivity index (χ1v) is 8.46. The van der Waals surface area contributed by atoms with Crippen molar-refractivity contribution in [1.29, 1.82) is 0 Å². The Labute approximate surface area is 124 Å². The highest BCUT2D eigenvalue weighted by atomic mass is 32.2. The summed E-state index contributed by atoms with van der Waals surface area (Å²) in [5, 5.41) is 9.45. The summed E-state index contributed by atoms with van der Waals surface area (Å²) in [5.74, 6) is 0.152. The van der Waals surface area contributed by atoms with E-state index >= 15 is 0 Å². The first-order valence-electron chi connectivity index (χ1n) is 7.41. The maximum absolute atomic E-state index is 12.8. The van der Waals surface area contributed by atoms with Gasteiger partial charge in [0, 0.05) is 36.2 Å². The monoisotopic (exact) mass is 300 g/mol. The lowest BCUT2D eigenvalue weighted by atomic mass is 9.99. The predicted octanol–water partition coefficient (Wildman–Crippen LogP) is 2.26. The van der Waals surface area contributed by atoms with Crippen molar-refractivity contribution in [3.8, 4) is 0 Å². The molecule has 0 aromatic carbocycles. The summed E-state index contributed by atoms with van der Waals surface area (Å²) >= 11 is 1.90. The topological polar surface area (TPSA) is 60.9 Å². The summed E-state index contributed by atoms with van der Waals surface area (Å²) in [7, 11) is 0. The van der Waals surface area contributed by atoms with Crippen molar-refractivity contribution >= 4 is 23.8 Å². The van der Waals surface area contributed by atoms with Crippen LogP contribution in [0.2, 0.25) is 0 Å². The highest BCUT2D eigenvalue weighted by Gasteiger charge is 2.35. The van der Waals surface area contributed by atoms with E-state index in [1.54, 1.807) is 4.90 Å².